The van der Waals surface area contributed by atoms with Gasteiger partial charge in [0.15, 0.2) is 0 Å². The van der Waals surface area contributed by atoms with Crippen LogP contribution in [0.1, 0.15) is 19.4 Å². The normalized spacial score (nSPS) is 11.6. The molecule has 12 heavy (non-hydrogen) atoms. The molecule has 1 aromatic rings. The second-order valence-electron chi connectivity index (χ2n) is 3.43. The number of aromatic nitrogens is 2. The van der Waals surface area contributed by atoms with Crippen LogP contribution in [-0.2, 0) is 5.41 Å². The molecule has 1 aromatic heterocycles. The summed E-state index contributed by atoms with van der Waals surface area (Å²) in [5, 5.41) is 13.1. The first-order chi connectivity index (χ1) is 5.60. The summed E-state index contributed by atoms with van der Waals surface area (Å²) in [6, 6.07) is 0. The van der Waals surface area contributed by atoms with E-state index in [9.17, 15) is 0 Å². The molecule has 0 fully saturated rings. The van der Waals surface area contributed by atoms with Crippen molar-refractivity contribution in [1.82, 2.24) is 9.78 Å². The topological polar surface area (TPSA) is 38.0 Å². The molecule has 0 aromatic carbocycles. The lowest BCUT2D eigenvalue weighted by atomic mass is 9.88. The van der Waals surface area contributed by atoms with Gasteiger partial charge in [-0.1, -0.05) is 20.4 Å². The van der Waals surface area contributed by atoms with Crippen LogP contribution >= 0.6 is 0 Å². The molecular weight excluding hydrogens is 152 g/mol. The Bertz CT molecular complexity index is 276. The van der Waals surface area contributed by atoms with Gasteiger partial charge >= 0.3 is 0 Å². The predicted octanol–water partition coefficient (Wildman–Crippen LogP) is 1.25. The van der Waals surface area contributed by atoms with E-state index >= 15 is 0 Å². The van der Waals surface area contributed by atoms with Gasteiger partial charge in [-0.15, -0.1) is 0 Å². The Hall–Kier alpha value is -1.09. The highest BCUT2D eigenvalue weighted by molar-refractivity contribution is 5.23. The van der Waals surface area contributed by atoms with Crippen LogP contribution in [0.15, 0.2) is 19.0 Å². The Morgan fingerprint density at radius 1 is 1.75 bits per heavy atom. The Morgan fingerprint density at radius 3 is 2.83 bits per heavy atom. The van der Waals surface area contributed by atoms with E-state index in [1.807, 2.05) is 20.0 Å². The molecule has 1 N–H and O–H groups in total. The van der Waals surface area contributed by atoms with Crippen LogP contribution in [0.4, 0.5) is 0 Å². The average molecular weight is 166 g/mol. The van der Waals surface area contributed by atoms with Crippen molar-refractivity contribution in [3.8, 4) is 0 Å². The van der Waals surface area contributed by atoms with Crippen LogP contribution in [-0.4, -0.2) is 21.5 Å². The fourth-order valence-electron chi connectivity index (χ4n) is 0.879. The third-order valence-corrected chi connectivity index (χ3v) is 1.97. The molecule has 0 atom stereocenters. The maximum atomic E-state index is 9.07. The van der Waals surface area contributed by atoms with E-state index in [2.05, 4.69) is 11.7 Å². The summed E-state index contributed by atoms with van der Waals surface area (Å²) < 4.78 is 1.63. The minimum atomic E-state index is -0.221. The van der Waals surface area contributed by atoms with E-state index in [-0.39, 0.29) is 12.0 Å². The lowest BCUT2D eigenvalue weighted by Crippen LogP contribution is -2.21. The molecule has 0 radical (unpaired) electrons. The van der Waals surface area contributed by atoms with Crippen LogP contribution < -0.4 is 0 Å². The summed E-state index contributed by atoms with van der Waals surface area (Å²) in [6.07, 6.45) is 5.23. The third kappa shape index (κ3) is 1.56. The Kier molecular flexibility index (Phi) is 2.33. The van der Waals surface area contributed by atoms with Gasteiger partial charge in [0.1, 0.15) is 0 Å². The van der Waals surface area contributed by atoms with Crippen molar-refractivity contribution in [3.63, 3.8) is 0 Å². The number of hydrogen-bond donors (Lipinski definition) is 1. The van der Waals surface area contributed by atoms with Gasteiger partial charge in [0.05, 0.1) is 12.8 Å². The van der Waals surface area contributed by atoms with Crippen molar-refractivity contribution >= 4 is 6.20 Å². The zero-order valence-corrected chi connectivity index (χ0v) is 7.49. The van der Waals surface area contributed by atoms with Crippen molar-refractivity contribution in [2.45, 2.75) is 19.3 Å². The highest BCUT2D eigenvalue weighted by Crippen LogP contribution is 2.21. The van der Waals surface area contributed by atoms with Gasteiger partial charge in [-0.05, 0) is 5.56 Å². The fourth-order valence-corrected chi connectivity index (χ4v) is 0.879. The number of nitrogens with zero attached hydrogens (tertiary/aromatic N) is 2. The van der Waals surface area contributed by atoms with Crippen molar-refractivity contribution in [2.75, 3.05) is 6.61 Å². The van der Waals surface area contributed by atoms with Gasteiger partial charge < -0.3 is 5.11 Å². The maximum Gasteiger partial charge on any atom is 0.0532 e. The van der Waals surface area contributed by atoms with Gasteiger partial charge in [-0.3, -0.25) is 0 Å². The Labute approximate surface area is 72.3 Å². The zero-order chi connectivity index (χ0) is 9.19. The second kappa shape index (κ2) is 3.11. The number of aliphatic hydroxyl groups is 1. The van der Waals surface area contributed by atoms with E-state index in [1.54, 1.807) is 17.1 Å². The molecule has 0 bridgehead atoms. The minimum absolute atomic E-state index is 0.121. The molecule has 0 saturated carbocycles. The monoisotopic (exact) mass is 166 g/mol. The first kappa shape index (κ1) is 9.00. The van der Waals surface area contributed by atoms with Gasteiger partial charge in [0.2, 0.25) is 0 Å². The van der Waals surface area contributed by atoms with Gasteiger partial charge in [0.25, 0.3) is 0 Å². The Morgan fingerprint density at radius 2 is 2.42 bits per heavy atom. The largest absolute Gasteiger partial charge is 0.395 e. The molecule has 1 heterocycles. The standard InChI is InChI=1S/C9H14N2O/c1-4-11-6-8(5-10-11)9(2,3)7-12/h4-6,12H,1,7H2,2-3H3. The Balaban J connectivity index is 2.95. The van der Waals surface area contributed by atoms with E-state index in [0.717, 1.165) is 5.56 Å². The van der Waals surface area contributed by atoms with E-state index in [0.29, 0.717) is 0 Å². The SMILES string of the molecule is C=Cn1cc(C(C)(C)CO)cn1. The molecule has 3 nitrogen and oxygen atoms in total. The van der Waals surface area contributed by atoms with Crippen molar-refractivity contribution < 1.29 is 5.11 Å². The maximum absolute atomic E-state index is 9.07. The lowest BCUT2D eigenvalue weighted by Gasteiger charge is -2.18. The lowest BCUT2D eigenvalue weighted by molar-refractivity contribution is 0.218. The van der Waals surface area contributed by atoms with Crippen molar-refractivity contribution in [2.24, 2.45) is 0 Å². The zero-order valence-electron chi connectivity index (χ0n) is 7.49. The van der Waals surface area contributed by atoms with Crippen LogP contribution in [0.2, 0.25) is 0 Å². The number of rotatable bonds is 3. The molecule has 0 unspecified atom stereocenters. The molecule has 66 valence electrons. The van der Waals surface area contributed by atoms with Crippen molar-refractivity contribution in [3.05, 3.63) is 24.5 Å². The summed E-state index contributed by atoms with van der Waals surface area (Å²) in [5.41, 5.74) is 0.797. The van der Waals surface area contributed by atoms with Crippen LogP contribution in [0.3, 0.4) is 0 Å². The average Bonchev–Trinajstić information content (AvgIpc) is 2.52. The second-order valence-corrected chi connectivity index (χ2v) is 3.43. The number of aliphatic hydroxyl groups excluding tert-OH is 1. The quantitative estimate of drug-likeness (QED) is 0.734. The number of hydrogen-bond acceptors (Lipinski definition) is 2. The van der Waals surface area contributed by atoms with E-state index in [4.69, 9.17) is 5.11 Å². The smallest absolute Gasteiger partial charge is 0.0532 e. The highest BCUT2D eigenvalue weighted by Gasteiger charge is 2.20. The van der Waals surface area contributed by atoms with Crippen LogP contribution in [0.25, 0.3) is 6.20 Å². The van der Waals surface area contributed by atoms with Crippen LogP contribution in [0, 0.1) is 0 Å². The molecule has 0 amide bonds. The minimum Gasteiger partial charge on any atom is -0.395 e. The summed E-state index contributed by atoms with van der Waals surface area (Å²) in [5.74, 6) is 0. The van der Waals surface area contributed by atoms with E-state index in [1.165, 1.54) is 0 Å². The molecular formula is C9H14N2O. The molecule has 0 saturated heterocycles. The van der Waals surface area contributed by atoms with Gasteiger partial charge in [-0.25, -0.2) is 4.68 Å². The first-order valence-corrected chi connectivity index (χ1v) is 3.88. The molecule has 0 aliphatic carbocycles. The third-order valence-electron chi connectivity index (χ3n) is 1.97. The molecule has 0 aliphatic heterocycles. The summed E-state index contributed by atoms with van der Waals surface area (Å²) in [6.45, 7) is 7.65. The summed E-state index contributed by atoms with van der Waals surface area (Å²) in [7, 11) is 0. The molecule has 1 rings (SSSR count). The predicted molar refractivity (Wildman–Crippen MR) is 48.7 cm³/mol. The highest BCUT2D eigenvalue weighted by atomic mass is 16.3. The molecule has 0 aliphatic rings. The molecule has 3 heteroatoms. The first-order valence-electron chi connectivity index (χ1n) is 3.88. The summed E-state index contributed by atoms with van der Waals surface area (Å²) in [4.78, 5) is 0. The summed E-state index contributed by atoms with van der Waals surface area (Å²) >= 11 is 0. The van der Waals surface area contributed by atoms with Crippen LogP contribution in [0.5, 0.6) is 0 Å². The van der Waals surface area contributed by atoms with Gasteiger partial charge in [0, 0.05) is 17.8 Å². The molecule has 0 spiro atoms. The van der Waals surface area contributed by atoms with Crippen molar-refractivity contribution in [1.29, 1.82) is 0 Å². The van der Waals surface area contributed by atoms with Gasteiger partial charge in [-0.2, -0.15) is 5.10 Å². The van der Waals surface area contributed by atoms with E-state index < -0.39 is 0 Å². The fraction of sp³-hybridized carbons (Fsp3) is 0.444.